The molecule has 1 aromatic carbocycles. The second kappa shape index (κ2) is 11.2. The Balaban J connectivity index is 2.69. The number of nitrogens with two attached hydrogens (primary N) is 1. The van der Waals surface area contributed by atoms with E-state index in [2.05, 4.69) is 21.2 Å². The lowest BCUT2D eigenvalue weighted by atomic mass is 10.1. The van der Waals surface area contributed by atoms with Crippen LogP contribution in [0.5, 0.6) is 0 Å². The van der Waals surface area contributed by atoms with Crippen molar-refractivity contribution in [3.63, 3.8) is 0 Å². The van der Waals surface area contributed by atoms with Crippen LogP contribution in [0.3, 0.4) is 0 Å². The summed E-state index contributed by atoms with van der Waals surface area (Å²) >= 11 is 3.36. The Kier molecular flexibility index (Phi) is 9.24. The molecule has 6 nitrogen and oxygen atoms in total. The Labute approximate surface area is 155 Å². The zero-order chi connectivity index (χ0) is 18.7. The van der Waals surface area contributed by atoms with Gasteiger partial charge in [0.25, 0.3) is 0 Å². The van der Waals surface area contributed by atoms with Gasteiger partial charge in [-0.2, -0.15) is 0 Å². The van der Waals surface area contributed by atoms with Crippen LogP contribution < -0.4 is 11.1 Å². The minimum atomic E-state index is -0.509. The summed E-state index contributed by atoms with van der Waals surface area (Å²) in [4.78, 5) is 34.4. The summed E-state index contributed by atoms with van der Waals surface area (Å²) in [6, 6.07) is 6.97. The van der Waals surface area contributed by atoms with Crippen LogP contribution >= 0.6 is 15.9 Å². The summed E-state index contributed by atoms with van der Waals surface area (Å²) in [5, 5.41) is 2.71. The van der Waals surface area contributed by atoms with E-state index >= 15 is 0 Å². The molecule has 134 valence electrons. The maximum Gasteiger partial charge on any atom is 0.330 e. The van der Waals surface area contributed by atoms with Gasteiger partial charge in [0.2, 0.25) is 11.8 Å². The van der Waals surface area contributed by atoms with E-state index in [4.69, 9.17) is 10.5 Å². The molecule has 1 rings (SSSR count). The van der Waals surface area contributed by atoms with Gasteiger partial charge in [-0.05, 0) is 37.1 Å². The van der Waals surface area contributed by atoms with Crippen LogP contribution in [0.2, 0.25) is 0 Å². The highest BCUT2D eigenvalue weighted by atomic mass is 79.9. The molecule has 1 atom stereocenters. The maximum atomic E-state index is 12.1. The molecule has 0 aliphatic carbocycles. The van der Waals surface area contributed by atoms with Gasteiger partial charge in [0.1, 0.15) is 0 Å². The maximum absolute atomic E-state index is 12.1. The zero-order valence-corrected chi connectivity index (χ0v) is 15.5. The number of rotatable bonds is 9. The Hall–Kier alpha value is -2.41. The van der Waals surface area contributed by atoms with Crippen molar-refractivity contribution in [1.29, 1.82) is 0 Å². The number of ether oxygens (including phenoxy) is 1. The molecule has 0 aliphatic rings. The predicted octanol–water partition coefficient (Wildman–Crippen LogP) is 2.33. The largest absolute Gasteiger partial charge is 0.463 e. The summed E-state index contributed by atoms with van der Waals surface area (Å²) in [5.74, 6) is -1.33. The highest BCUT2D eigenvalue weighted by Gasteiger charge is 2.10. The first-order valence-corrected chi connectivity index (χ1v) is 8.57. The van der Waals surface area contributed by atoms with Crippen LogP contribution in [-0.2, 0) is 19.1 Å². The van der Waals surface area contributed by atoms with E-state index in [9.17, 15) is 14.4 Å². The Morgan fingerprint density at radius 1 is 1.32 bits per heavy atom. The predicted molar refractivity (Wildman–Crippen MR) is 99.3 cm³/mol. The first-order valence-electron chi connectivity index (χ1n) is 7.78. The van der Waals surface area contributed by atoms with Crippen molar-refractivity contribution in [2.24, 2.45) is 5.73 Å². The van der Waals surface area contributed by atoms with Gasteiger partial charge in [0.05, 0.1) is 6.61 Å². The molecule has 0 aromatic heterocycles. The number of amides is 2. The minimum absolute atomic E-state index is 0.0907. The number of primary amides is 1. The summed E-state index contributed by atoms with van der Waals surface area (Å²) < 4.78 is 5.70. The van der Waals surface area contributed by atoms with Crippen LogP contribution in [0, 0.1) is 0 Å². The van der Waals surface area contributed by atoms with Gasteiger partial charge in [-0.15, -0.1) is 0 Å². The molecule has 0 radical (unpaired) electrons. The quantitative estimate of drug-likeness (QED) is 0.483. The van der Waals surface area contributed by atoms with E-state index in [1.165, 1.54) is 18.2 Å². The standard InChI is InChI=1S/C18H21BrN2O4/c1-2-25-18(24)11-8-15(7-9-16(20)22)21-17(23)10-6-13-4-3-5-14(19)12-13/h3-6,8,10-12,15H,2,7,9H2,1H3,(H2,20,22)(H,21,23)/b10-6+,11-8+. The monoisotopic (exact) mass is 408 g/mol. The van der Waals surface area contributed by atoms with Crippen molar-refractivity contribution in [2.45, 2.75) is 25.8 Å². The van der Waals surface area contributed by atoms with Crippen molar-refractivity contribution >= 4 is 39.8 Å². The molecule has 0 bridgehead atoms. The van der Waals surface area contributed by atoms with Crippen molar-refractivity contribution < 1.29 is 19.1 Å². The Morgan fingerprint density at radius 3 is 2.72 bits per heavy atom. The zero-order valence-electron chi connectivity index (χ0n) is 13.9. The van der Waals surface area contributed by atoms with Crippen LogP contribution in [-0.4, -0.2) is 30.4 Å². The molecule has 0 spiro atoms. The molecule has 3 N–H and O–H groups in total. The summed E-state index contributed by atoms with van der Waals surface area (Å²) in [5.41, 5.74) is 6.00. The second-order valence-electron chi connectivity index (χ2n) is 5.12. The molecule has 0 fully saturated rings. The first kappa shape index (κ1) is 20.6. The van der Waals surface area contributed by atoms with Crippen molar-refractivity contribution in [3.05, 3.63) is 52.5 Å². The topological polar surface area (TPSA) is 98.5 Å². The van der Waals surface area contributed by atoms with Crippen LogP contribution in [0.1, 0.15) is 25.3 Å². The normalized spacial score (nSPS) is 12.2. The Morgan fingerprint density at radius 2 is 2.08 bits per heavy atom. The van der Waals surface area contributed by atoms with Crippen molar-refractivity contribution in [3.8, 4) is 0 Å². The molecule has 7 heteroatoms. The molecule has 2 amide bonds. The van der Waals surface area contributed by atoms with Gasteiger partial charge in [0.15, 0.2) is 0 Å². The minimum Gasteiger partial charge on any atom is -0.463 e. The van der Waals surface area contributed by atoms with E-state index < -0.39 is 17.9 Å². The van der Waals surface area contributed by atoms with Gasteiger partial charge in [-0.25, -0.2) is 4.79 Å². The van der Waals surface area contributed by atoms with Gasteiger partial charge < -0.3 is 15.8 Å². The molecular formula is C18H21BrN2O4. The molecule has 0 saturated heterocycles. The smallest absolute Gasteiger partial charge is 0.330 e. The molecule has 0 heterocycles. The lowest BCUT2D eigenvalue weighted by Gasteiger charge is -2.12. The molecular weight excluding hydrogens is 388 g/mol. The van der Waals surface area contributed by atoms with Crippen LogP contribution in [0.4, 0.5) is 0 Å². The lowest BCUT2D eigenvalue weighted by molar-refractivity contribution is -0.137. The number of halogens is 1. The van der Waals surface area contributed by atoms with Gasteiger partial charge in [-0.3, -0.25) is 9.59 Å². The third-order valence-corrected chi connectivity index (χ3v) is 3.55. The lowest BCUT2D eigenvalue weighted by Crippen LogP contribution is -2.33. The van der Waals surface area contributed by atoms with E-state index in [-0.39, 0.29) is 18.9 Å². The van der Waals surface area contributed by atoms with E-state index in [1.54, 1.807) is 13.0 Å². The van der Waals surface area contributed by atoms with Crippen LogP contribution in [0.25, 0.3) is 6.08 Å². The first-order chi connectivity index (χ1) is 11.9. The average Bonchev–Trinajstić information content (AvgIpc) is 2.55. The third-order valence-electron chi connectivity index (χ3n) is 3.06. The highest BCUT2D eigenvalue weighted by molar-refractivity contribution is 9.10. The van der Waals surface area contributed by atoms with E-state index in [1.807, 2.05) is 24.3 Å². The van der Waals surface area contributed by atoms with E-state index in [0.29, 0.717) is 6.42 Å². The van der Waals surface area contributed by atoms with Gasteiger partial charge >= 0.3 is 5.97 Å². The number of hydrogen-bond acceptors (Lipinski definition) is 4. The van der Waals surface area contributed by atoms with Crippen molar-refractivity contribution in [2.75, 3.05) is 6.61 Å². The second-order valence-corrected chi connectivity index (χ2v) is 6.04. The van der Waals surface area contributed by atoms with E-state index in [0.717, 1.165) is 10.0 Å². The molecule has 0 saturated carbocycles. The van der Waals surface area contributed by atoms with Crippen LogP contribution in [0.15, 0.2) is 47.0 Å². The average molecular weight is 409 g/mol. The van der Waals surface area contributed by atoms with Gasteiger partial charge in [-0.1, -0.05) is 34.1 Å². The number of hydrogen-bond donors (Lipinski definition) is 2. The molecule has 25 heavy (non-hydrogen) atoms. The van der Waals surface area contributed by atoms with Gasteiger partial charge in [0, 0.05) is 29.1 Å². The number of esters is 1. The number of benzene rings is 1. The number of nitrogens with one attached hydrogen (secondary N) is 1. The number of carbonyl (C=O) groups is 3. The fraction of sp³-hybridized carbons (Fsp3) is 0.278. The molecule has 0 aliphatic heterocycles. The van der Waals surface area contributed by atoms with Crippen molar-refractivity contribution in [1.82, 2.24) is 5.32 Å². The SMILES string of the molecule is CCOC(=O)/C=C/C(CCC(N)=O)NC(=O)/C=C/c1cccc(Br)c1. The summed E-state index contributed by atoms with van der Waals surface area (Å²) in [6.45, 7) is 1.96. The summed E-state index contributed by atoms with van der Waals surface area (Å²) in [7, 11) is 0. The molecule has 1 aromatic rings. The highest BCUT2D eigenvalue weighted by Crippen LogP contribution is 2.12. The number of carbonyl (C=O) groups excluding carboxylic acids is 3. The fourth-order valence-corrected chi connectivity index (χ4v) is 2.33. The summed E-state index contributed by atoms with van der Waals surface area (Å²) in [6.07, 6.45) is 6.16. The third kappa shape index (κ3) is 9.46. The fourth-order valence-electron chi connectivity index (χ4n) is 1.91. The Bertz CT molecular complexity index is 671. The molecule has 1 unspecified atom stereocenters.